The number of carboxylic acids is 1. The fourth-order valence-corrected chi connectivity index (χ4v) is 4.22. The largest absolute Gasteiger partial charge is 0.481 e. The van der Waals surface area contributed by atoms with Crippen molar-refractivity contribution in [2.45, 2.75) is 38.6 Å². The quantitative estimate of drug-likeness (QED) is 0.873. The van der Waals surface area contributed by atoms with E-state index in [2.05, 4.69) is 5.32 Å². The summed E-state index contributed by atoms with van der Waals surface area (Å²) in [5.74, 6) is -2.03. The lowest BCUT2D eigenvalue weighted by molar-refractivity contribution is -0.149. The summed E-state index contributed by atoms with van der Waals surface area (Å²) in [6, 6.07) is 2.07. The molecule has 2 aliphatic rings. The highest BCUT2D eigenvalue weighted by molar-refractivity contribution is 5.80. The Morgan fingerprint density at radius 1 is 1.44 bits per heavy atom. The van der Waals surface area contributed by atoms with Gasteiger partial charge in [0.1, 0.15) is 11.6 Å². The van der Waals surface area contributed by atoms with Gasteiger partial charge >= 0.3 is 12.0 Å². The summed E-state index contributed by atoms with van der Waals surface area (Å²) >= 11 is 0. The Kier molecular flexibility index (Phi) is 4.67. The molecule has 3 rings (SSSR count). The Morgan fingerprint density at radius 2 is 2.20 bits per heavy atom. The van der Waals surface area contributed by atoms with Gasteiger partial charge in [0.15, 0.2) is 0 Å². The number of likely N-dealkylation sites (tertiary alicyclic amines) is 1. The first-order valence-electron chi connectivity index (χ1n) is 8.61. The third kappa shape index (κ3) is 3.07. The second-order valence-corrected chi connectivity index (χ2v) is 7.01. The molecule has 1 aromatic carbocycles. The lowest BCUT2D eigenvalue weighted by atomic mass is 9.81. The normalized spacial score (nSPS) is 26.4. The fourth-order valence-electron chi connectivity index (χ4n) is 4.22. The number of rotatable bonds is 4. The fraction of sp³-hybridized carbons (Fsp3) is 0.556. The van der Waals surface area contributed by atoms with Gasteiger partial charge in [0.25, 0.3) is 0 Å². The Morgan fingerprint density at radius 3 is 2.84 bits per heavy atom. The molecule has 1 saturated heterocycles. The first-order valence-corrected chi connectivity index (χ1v) is 8.61. The van der Waals surface area contributed by atoms with Crippen LogP contribution in [0.2, 0.25) is 0 Å². The standard InChI is InChI=1S/C18H22F2N2O3/c1-2-15(13-8-12(19)5-6-14(13)20)21-17(25)22-9-11-4-3-7-18(11,10-22)16(23)24/h5-6,8,11,15H,2-4,7,9-10H2,1H3,(H,21,25)(H,23,24)/t11-,15?,18+/m0/s1. The SMILES string of the molecule is CCC(NC(=O)N1C[C@@H]2CCC[C@@]2(C(=O)O)C1)c1cc(F)ccc1F. The van der Waals surface area contributed by atoms with E-state index < -0.39 is 35.1 Å². The number of aliphatic carboxylic acids is 1. The summed E-state index contributed by atoms with van der Waals surface area (Å²) in [7, 11) is 0. The van der Waals surface area contributed by atoms with Crippen molar-refractivity contribution < 1.29 is 23.5 Å². The van der Waals surface area contributed by atoms with Crippen molar-refractivity contribution >= 4 is 12.0 Å². The zero-order valence-electron chi connectivity index (χ0n) is 14.1. The summed E-state index contributed by atoms with van der Waals surface area (Å²) in [5.41, 5.74) is -0.758. The van der Waals surface area contributed by atoms with E-state index in [1.54, 1.807) is 6.92 Å². The van der Waals surface area contributed by atoms with Gasteiger partial charge in [-0.05, 0) is 43.4 Å². The number of carbonyl (C=O) groups is 2. The first kappa shape index (κ1) is 17.6. The number of nitrogens with one attached hydrogen (secondary N) is 1. The van der Waals surface area contributed by atoms with Crippen molar-refractivity contribution in [2.75, 3.05) is 13.1 Å². The molecular weight excluding hydrogens is 330 g/mol. The second kappa shape index (κ2) is 6.61. The number of nitrogens with zero attached hydrogens (tertiary/aromatic N) is 1. The monoisotopic (exact) mass is 352 g/mol. The highest BCUT2D eigenvalue weighted by Crippen LogP contribution is 2.48. The van der Waals surface area contributed by atoms with Gasteiger partial charge in [-0.3, -0.25) is 4.79 Å². The lowest BCUT2D eigenvalue weighted by Crippen LogP contribution is -2.43. The summed E-state index contributed by atoms with van der Waals surface area (Å²) in [5, 5.41) is 12.3. The number of carboxylic acid groups (broad SMARTS) is 1. The smallest absolute Gasteiger partial charge is 0.317 e. The van der Waals surface area contributed by atoms with Crippen LogP contribution in [0.5, 0.6) is 0 Å². The average molecular weight is 352 g/mol. The van der Waals surface area contributed by atoms with E-state index in [0.29, 0.717) is 19.4 Å². The van der Waals surface area contributed by atoms with Crippen LogP contribution in [0.4, 0.5) is 13.6 Å². The van der Waals surface area contributed by atoms with E-state index in [9.17, 15) is 23.5 Å². The molecule has 1 aliphatic carbocycles. The van der Waals surface area contributed by atoms with Crippen LogP contribution in [0, 0.1) is 23.0 Å². The van der Waals surface area contributed by atoms with Crippen molar-refractivity contribution in [1.29, 1.82) is 0 Å². The minimum absolute atomic E-state index is 0.0401. The maximum absolute atomic E-state index is 14.0. The van der Waals surface area contributed by atoms with Crippen LogP contribution in [0.3, 0.4) is 0 Å². The number of carbonyl (C=O) groups excluding carboxylic acids is 1. The summed E-state index contributed by atoms with van der Waals surface area (Å²) < 4.78 is 27.4. The molecule has 1 aliphatic heterocycles. The summed E-state index contributed by atoms with van der Waals surface area (Å²) in [4.78, 5) is 25.8. The number of benzene rings is 1. The third-order valence-corrected chi connectivity index (χ3v) is 5.62. The molecule has 2 amide bonds. The number of amides is 2. The molecule has 1 heterocycles. The molecule has 25 heavy (non-hydrogen) atoms. The van der Waals surface area contributed by atoms with Gasteiger partial charge in [0.2, 0.25) is 0 Å². The van der Waals surface area contributed by atoms with E-state index >= 15 is 0 Å². The van der Waals surface area contributed by atoms with Crippen LogP contribution in [0.25, 0.3) is 0 Å². The number of hydrogen-bond donors (Lipinski definition) is 2. The maximum atomic E-state index is 14.0. The van der Waals surface area contributed by atoms with Crippen molar-refractivity contribution in [3.05, 3.63) is 35.4 Å². The Bertz CT molecular complexity index is 697. The Balaban J connectivity index is 1.73. The van der Waals surface area contributed by atoms with Gasteiger partial charge in [-0.15, -0.1) is 0 Å². The van der Waals surface area contributed by atoms with Crippen molar-refractivity contribution in [3.8, 4) is 0 Å². The predicted octanol–water partition coefficient (Wildman–Crippen LogP) is 3.31. The van der Waals surface area contributed by atoms with E-state index in [4.69, 9.17) is 0 Å². The highest BCUT2D eigenvalue weighted by Gasteiger charge is 2.55. The van der Waals surface area contributed by atoms with Gasteiger partial charge in [-0.1, -0.05) is 13.3 Å². The molecule has 1 saturated carbocycles. The van der Waals surface area contributed by atoms with Crippen LogP contribution >= 0.6 is 0 Å². The molecule has 0 aromatic heterocycles. The number of urea groups is 1. The molecule has 0 radical (unpaired) electrons. The molecule has 1 aromatic rings. The van der Waals surface area contributed by atoms with E-state index in [1.165, 1.54) is 4.90 Å². The zero-order chi connectivity index (χ0) is 18.2. The lowest BCUT2D eigenvalue weighted by Gasteiger charge is -2.25. The topological polar surface area (TPSA) is 69.6 Å². The highest BCUT2D eigenvalue weighted by atomic mass is 19.1. The van der Waals surface area contributed by atoms with Crippen LogP contribution in [-0.2, 0) is 4.79 Å². The molecule has 3 atom stereocenters. The van der Waals surface area contributed by atoms with Gasteiger partial charge in [-0.25, -0.2) is 13.6 Å². The van der Waals surface area contributed by atoms with Crippen molar-refractivity contribution in [3.63, 3.8) is 0 Å². The predicted molar refractivity (Wildman–Crippen MR) is 86.9 cm³/mol. The number of fused-ring (bicyclic) bond motifs is 1. The van der Waals surface area contributed by atoms with Crippen molar-refractivity contribution in [1.82, 2.24) is 10.2 Å². The molecule has 2 N–H and O–H groups in total. The molecule has 1 unspecified atom stereocenters. The van der Waals surface area contributed by atoms with E-state index in [0.717, 1.165) is 31.0 Å². The number of halogens is 2. The minimum Gasteiger partial charge on any atom is -0.481 e. The first-order chi connectivity index (χ1) is 11.9. The third-order valence-electron chi connectivity index (χ3n) is 5.62. The van der Waals surface area contributed by atoms with Crippen molar-refractivity contribution in [2.24, 2.45) is 11.3 Å². The Hall–Kier alpha value is -2.18. The molecule has 2 fully saturated rings. The van der Waals surface area contributed by atoms with E-state index in [-0.39, 0.29) is 18.0 Å². The van der Waals surface area contributed by atoms with Crippen LogP contribution in [0.1, 0.15) is 44.2 Å². The second-order valence-electron chi connectivity index (χ2n) is 7.01. The zero-order valence-corrected chi connectivity index (χ0v) is 14.1. The molecule has 136 valence electrons. The van der Waals surface area contributed by atoms with Gasteiger partial charge in [0, 0.05) is 18.7 Å². The maximum Gasteiger partial charge on any atom is 0.317 e. The van der Waals surface area contributed by atoms with Crippen LogP contribution in [0.15, 0.2) is 18.2 Å². The van der Waals surface area contributed by atoms with E-state index in [1.807, 2.05) is 0 Å². The van der Waals surface area contributed by atoms with Crippen LogP contribution < -0.4 is 5.32 Å². The summed E-state index contributed by atoms with van der Waals surface area (Å²) in [6.45, 7) is 2.33. The number of hydrogen-bond acceptors (Lipinski definition) is 2. The molecule has 5 nitrogen and oxygen atoms in total. The Labute approximate surface area is 145 Å². The molecule has 7 heteroatoms. The van der Waals surface area contributed by atoms with Crippen LogP contribution in [-0.4, -0.2) is 35.1 Å². The van der Waals surface area contributed by atoms with Gasteiger partial charge in [0.05, 0.1) is 11.5 Å². The molecule has 0 bridgehead atoms. The minimum atomic E-state index is -0.858. The average Bonchev–Trinajstić information content (AvgIpc) is 3.13. The van der Waals surface area contributed by atoms with Gasteiger partial charge < -0.3 is 15.3 Å². The van der Waals surface area contributed by atoms with Gasteiger partial charge in [-0.2, -0.15) is 0 Å². The summed E-state index contributed by atoms with van der Waals surface area (Å²) in [6.07, 6.45) is 2.63. The molecular formula is C18H22F2N2O3. The molecule has 0 spiro atoms.